The predicted octanol–water partition coefficient (Wildman–Crippen LogP) is 3.20. The number of benzene rings is 3. The van der Waals surface area contributed by atoms with Crippen molar-refractivity contribution in [2.24, 2.45) is 0 Å². The van der Waals surface area contributed by atoms with Gasteiger partial charge in [0.1, 0.15) is 30.0 Å². The molecule has 2 aliphatic heterocycles. The molecule has 0 aliphatic carbocycles. The van der Waals surface area contributed by atoms with Crippen molar-refractivity contribution in [2.45, 2.75) is 49.5 Å². The van der Waals surface area contributed by atoms with Crippen molar-refractivity contribution in [3.05, 3.63) is 108 Å². The zero-order valence-corrected chi connectivity index (χ0v) is 18.4. The van der Waals surface area contributed by atoms with E-state index in [9.17, 15) is 10.2 Å². The average molecular weight is 449 g/mol. The molecule has 0 aromatic heterocycles. The van der Waals surface area contributed by atoms with Crippen LogP contribution in [0.1, 0.15) is 23.6 Å². The van der Waals surface area contributed by atoms with Crippen LogP contribution in [0.4, 0.5) is 0 Å². The maximum atomic E-state index is 10.8. The van der Waals surface area contributed by atoms with Gasteiger partial charge in [0.2, 0.25) is 0 Å². The Kier molecular flexibility index (Phi) is 6.29. The average Bonchev–Trinajstić information content (AvgIpc) is 3.25. The Morgan fingerprint density at radius 2 is 1.18 bits per heavy atom. The van der Waals surface area contributed by atoms with Crippen LogP contribution >= 0.6 is 0 Å². The lowest BCUT2D eigenvalue weighted by atomic mass is 9.80. The molecule has 1 unspecified atom stereocenters. The van der Waals surface area contributed by atoms with Gasteiger partial charge in [-0.05, 0) is 23.6 Å². The molecule has 5 rings (SSSR count). The Labute approximate surface area is 193 Å². The Morgan fingerprint density at radius 1 is 0.697 bits per heavy atom. The molecule has 6 heteroatoms. The molecule has 6 atom stereocenters. The lowest BCUT2D eigenvalue weighted by molar-refractivity contribution is -0.260. The first-order valence-corrected chi connectivity index (χ1v) is 11.2. The normalized spacial score (nSPS) is 29.5. The second-order valence-electron chi connectivity index (χ2n) is 8.42. The summed E-state index contributed by atoms with van der Waals surface area (Å²) in [6.07, 6.45) is -5.12. The maximum absolute atomic E-state index is 10.8. The molecule has 0 bridgehead atoms. The molecule has 3 aromatic rings. The minimum absolute atomic E-state index is 0.0257. The third-order valence-electron chi connectivity index (χ3n) is 6.32. The van der Waals surface area contributed by atoms with Crippen LogP contribution in [0.15, 0.2) is 91.0 Å². The molecule has 172 valence electrons. The Hall–Kier alpha value is -2.58. The SMILES string of the molecule is CC1O[C@H]2O[C@H](COC(c3ccccc3)(c3ccccc3)c3ccccc3)[C@@H](O)[C@H](O)[C@H]2O1. The molecule has 33 heavy (non-hydrogen) atoms. The van der Waals surface area contributed by atoms with Gasteiger partial charge in [-0.1, -0.05) is 91.0 Å². The van der Waals surface area contributed by atoms with Crippen molar-refractivity contribution >= 4 is 0 Å². The van der Waals surface area contributed by atoms with Gasteiger partial charge in [0.05, 0.1) is 6.61 Å². The van der Waals surface area contributed by atoms with E-state index < -0.39 is 42.6 Å². The van der Waals surface area contributed by atoms with E-state index in [1.807, 2.05) is 91.0 Å². The summed E-state index contributed by atoms with van der Waals surface area (Å²) in [4.78, 5) is 0. The van der Waals surface area contributed by atoms with Gasteiger partial charge in [-0.15, -0.1) is 0 Å². The highest BCUT2D eigenvalue weighted by atomic mass is 16.8. The van der Waals surface area contributed by atoms with Crippen LogP contribution in [0.5, 0.6) is 0 Å². The summed E-state index contributed by atoms with van der Waals surface area (Å²) >= 11 is 0. The molecule has 2 fully saturated rings. The molecule has 0 saturated carbocycles. The van der Waals surface area contributed by atoms with Crippen molar-refractivity contribution in [2.75, 3.05) is 6.61 Å². The fourth-order valence-electron chi connectivity index (χ4n) is 4.72. The summed E-state index contributed by atoms with van der Waals surface area (Å²) in [5, 5.41) is 21.4. The minimum atomic E-state index is -1.18. The van der Waals surface area contributed by atoms with Gasteiger partial charge >= 0.3 is 0 Å². The summed E-state index contributed by atoms with van der Waals surface area (Å²) < 4.78 is 23.9. The van der Waals surface area contributed by atoms with Gasteiger partial charge < -0.3 is 29.2 Å². The summed E-state index contributed by atoms with van der Waals surface area (Å²) in [7, 11) is 0. The molecule has 2 saturated heterocycles. The Morgan fingerprint density at radius 3 is 1.67 bits per heavy atom. The number of ether oxygens (including phenoxy) is 4. The van der Waals surface area contributed by atoms with E-state index in [1.54, 1.807) is 6.92 Å². The lowest BCUT2D eigenvalue weighted by Crippen LogP contribution is -2.58. The molecule has 0 spiro atoms. The monoisotopic (exact) mass is 448 g/mol. The topological polar surface area (TPSA) is 77.4 Å². The van der Waals surface area contributed by atoms with Crippen molar-refractivity contribution in [3.8, 4) is 0 Å². The number of hydrogen-bond donors (Lipinski definition) is 2. The standard InChI is InChI=1S/C27H28O6/c1-18-31-25-24(29)23(28)22(33-26(25)32-18)17-30-27(19-11-5-2-6-12-19,20-13-7-3-8-14-20)21-15-9-4-10-16-21/h2-16,18,22-26,28-29H,17H2,1H3/t18?,22-,23-,24+,25-,26+/m1/s1. The molecule has 2 N–H and O–H groups in total. The van der Waals surface area contributed by atoms with Crippen molar-refractivity contribution in [3.63, 3.8) is 0 Å². The molecule has 6 nitrogen and oxygen atoms in total. The number of aliphatic hydroxyl groups is 2. The number of aliphatic hydroxyl groups excluding tert-OH is 2. The molecule has 2 heterocycles. The molecular formula is C27H28O6. The van der Waals surface area contributed by atoms with E-state index in [0.29, 0.717) is 0 Å². The predicted molar refractivity (Wildman–Crippen MR) is 121 cm³/mol. The van der Waals surface area contributed by atoms with Crippen LogP contribution in [0.3, 0.4) is 0 Å². The first kappa shape index (κ1) is 22.2. The van der Waals surface area contributed by atoms with Gasteiger partial charge in [-0.3, -0.25) is 0 Å². The summed E-state index contributed by atoms with van der Waals surface area (Å²) in [6.45, 7) is 1.76. The van der Waals surface area contributed by atoms with Crippen molar-refractivity contribution in [1.29, 1.82) is 0 Å². The van der Waals surface area contributed by atoms with Crippen molar-refractivity contribution < 1.29 is 29.2 Å². The van der Waals surface area contributed by atoms with Gasteiger partial charge in [-0.25, -0.2) is 0 Å². The molecular weight excluding hydrogens is 420 g/mol. The first-order chi connectivity index (χ1) is 16.1. The third kappa shape index (κ3) is 4.10. The zero-order chi connectivity index (χ0) is 22.8. The number of fused-ring (bicyclic) bond motifs is 1. The first-order valence-electron chi connectivity index (χ1n) is 11.2. The van der Waals surface area contributed by atoms with Crippen molar-refractivity contribution in [1.82, 2.24) is 0 Å². The zero-order valence-electron chi connectivity index (χ0n) is 18.4. The fourth-order valence-corrected chi connectivity index (χ4v) is 4.72. The van der Waals surface area contributed by atoms with E-state index in [4.69, 9.17) is 18.9 Å². The quantitative estimate of drug-likeness (QED) is 0.564. The van der Waals surface area contributed by atoms with Crippen LogP contribution < -0.4 is 0 Å². The van der Waals surface area contributed by atoms with E-state index >= 15 is 0 Å². The van der Waals surface area contributed by atoms with Crippen LogP contribution in [0, 0.1) is 0 Å². The maximum Gasteiger partial charge on any atom is 0.190 e. The highest BCUT2D eigenvalue weighted by Crippen LogP contribution is 2.41. The Bertz CT molecular complexity index is 930. The number of hydrogen-bond acceptors (Lipinski definition) is 6. The molecule has 0 radical (unpaired) electrons. The third-order valence-corrected chi connectivity index (χ3v) is 6.32. The molecule has 0 amide bonds. The van der Waals surface area contributed by atoms with Gasteiger partial charge in [0, 0.05) is 0 Å². The minimum Gasteiger partial charge on any atom is -0.387 e. The van der Waals surface area contributed by atoms with E-state index in [-0.39, 0.29) is 6.61 Å². The van der Waals surface area contributed by atoms with E-state index in [1.165, 1.54) is 0 Å². The number of rotatable bonds is 6. The van der Waals surface area contributed by atoms with Gasteiger partial charge in [0.25, 0.3) is 0 Å². The van der Waals surface area contributed by atoms with Crippen LogP contribution in [-0.2, 0) is 24.5 Å². The molecule has 3 aromatic carbocycles. The highest BCUT2D eigenvalue weighted by Gasteiger charge is 2.51. The Balaban J connectivity index is 1.53. The summed E-state index contributed by atoms with van der Waals surface area (Å²) in [5.41, 5.74) is 1.88. The summed E-state index contributed by atoms with van der Waals surface area (Å²) in [6, 6.07) is 29.9. The van der Waals surface area contributed by atoms with Gasteiger partial charge in [0.15, 0.2) is 12.6 Å². The van der Waals surface area contributed by atoms with Crippen LogP contribution in [0.25, 0.3) is 0 Å². The summed E-state index contributed by atoms with van der Waals surface area (Å²) in [5.74, 6) is 0. The van der Waals surface area contributed by atoms with Crippen LogP contribution in [-0.4, -0.2) is 53.8 Å². The molecule has 2 aliphatic rings. The second-order valence-corrected chi connectivity index (χ2v) is 8.42. The second kappa shape index (κ2) is 9.35. The van der Waals surface area contributed by atoms with Crippen LogP contribution in [0.2, 0.25) is 0 Å². The largest absolute Gasteiger partial charge is 0.387 e. The fraction of sp³-hybridized carbons (Fsp3) is 0.333. The van der Waals surface area contributed by atoms with E-state index in [2.05, 4.69) is 0 Å². The van der Waals surface area contributed by atoms with Gasteiger partial charge in [-0.2, -0.15) is 0 Å². The highest BCUT2D eigenvalue weighted by molar-refractivity contribution is 5.47. The lowest BCUT2D eigenvalue weighted by Gasteiger charge is -2.41. The van der Waals surface area contributed by atoms with E-state index in [0.717, 1.165) is 16.7 Å². The smallest absolute Gasteiger partial charge is 0.190 e.